The second kappa shape index (κ2) is 7.06. The Hall–Kier alpha value is -1.37. The Bertz CT molecular complexity index is 673. The van der Waals surface area contributed by atoms with Gasteiger partial charge in [-0.1, -0.05) is 42.5 Å². The molecule has 0 aliphatic rings. The first-order chi connectivity index (χ1) is 9.96. The lowest BCUT2D eigenvalue weighted by Gasteiger charge is -2.17. The highest BCUT2D eigenvalue weighted by atomic mass is 32.2. The Morgan fingerprint density at radius 2 is 1.57 bits per heavy atom. The molecule has 21 heavy (non-hydrogen) atoms. The topological polar surface area (TPSA) is 60.2 Å². The summed E-state index contributed by atoms with van der Waals surface area (Å²) < 4.78 is 35.1. The molecule has 0 fully saturated rings. The first-order valence-corrected chi connectivity index (χ1v) is 9.14. The van der Waals surface area contributed by atoms with Gasteiger partial charge in [0.15, 0.2) is 0 Å². The van der Waals surface area contributed by atoms with Crippen LogP contribution in [0, 0.1) is 5.82 Å². The molecule has 6 heteroatoms. The summed E-state index contributed by atoms with van der Waals surface area (Å²) in [5.74, 6) is 0.0120. The SMILES string of the molecule is NS(=O)(=O)CCS[C@H](c1ccccc1)c1ccc(F)cc1. The van der Waals surface area contributed by atoms with Crippen LogP contribution in [0.2, 0.25) is 0 Å². The average Bonchev–Trinajstić information content (AvgIpc) is 2.45. The fourth-order valence-electron chi connectivity index (χ4n) is 1.93. The van der Waals surface area contributed by atoms with Crippen molar-refractivity contribution in [2.24, 2.45) is 5.14 Å². The maximum Gasteiger partial charge on any atom is 0.209 e. The van der Waals surface area contributed by atoms with Crippen LogP contribution in [0.15, 0.2) is 54.6 Å². The van der Waals surface area contributed by atoms with Crippen molar-refractivity contribution in [2.45, 2.75) is 5.25 Å². The summed E-state index contributed by atoms with van der Waals surface area (Å²) in [6.45, 7) is 0. The van der Waals surface area contributed by atoms with Crippen LogP contribution in [0.25, 0.3) is 0 Å². The third-order valence-electron chi connectivity index (χ3n) is 2.93. The predicted octanol–water partition coefficient (Wildman–Crippen LogP) is 2.94. The largest absolute Gasteiger partial charge is 0.229 e. The molecule has 0 radical (unpaired) electrons. The second-order valence-electron chi connectivity index (χ2n) is 4.58. The lowest BCUT2D eigenvalue weighted by molar-refractivity contribution is 0.599. The smallest absolute Gasteiger partial charge is 0.209 e. The first-order valence-electron chi connectivity index (χ1n) is 6.38. The standard InChI is InChI=1S/C15H16FNO2S2/c16-14-8-6-13(7-9-14)15(12-4-2-1-3-5-12)20-10-11-21(17,18)19/h1-9,15H,10-11H2,(H2,17,18,19)/t15-/m1/s1. The highest BCUT2D eigenvalue weighted by Gasteiger charge is 2.15. The summed E-state index contributed by atoms with van der Waals surface area (Å²) in [6, 6.07) is 16.0. The van der Waals surface area contributed by atoms with Crippen LogP contribution < -0.4 is 5.14 Å². The second-order valence-corrected chi connectivity index (χ2v) is 7.53. The van der Waals surface area contributed by atoms with Crippen LogP contribution in [0.1, 0.15) is 16.4 Å². The van der Waals surface area contributed by atoms with E-state index in [4.69, 9.17) is 5.14 Å². The maximum atomic E-state index is 13.1. The van der Waals surface area contributed by atoms with Crippen molar-refractivity contribution in [1.29, 1.82) is 0 Å². The van der Waals surface area contributed by atoms with Crippen LogP contribution in [-0.2, 0) is 10.0 Å². The first kappa shape index (κ1) is 16.0. The molecule has 0 heterocycles. The maximum absolute atomic E-state index is 13.1. The van der Waals surface area contributed by atoms with Crippen LogP contribution in [-0.4, -0.2) is 19.9 Å². The third-order valence-corrected chi connectivity index (χ3v) is 5.28. The summed E-state index contributed by atoms with van der Waals surface area (Å²) in [7, 11) is -3.47. The lowest BCUT2D eigenvalue weighted by Crippen LogP contribution is -2.18. The van der Waals surface area contributed by atoms with Gasteiger partial charge in [0.05, 0.1) is 11.0 Å². The minimum absolute atomic E-state index is 0.0476. The van der Waals surface area contributed by atoms with E-state index in [0.717, 1.165) is 11.1 Å². The minimum Gasteiger partial charge on any atom is -0.229 e. The van der Waals surface area contributed by atoms with Crippen molar-refractivity contribution in [1.82, 2.24) is 0 Å². The average molecular weight is 325 g/mol. The molecule has 112 valence electrons. The fourth-order valence-corrected chi connectivity index (χ4v) is 4.18. The Balaban J connectivity index is 2.20. The molecule has 0 aliphatic carbocycles. The molecule has 0 saturated carbocycles. The number of sulfonamides is 1. The summed E-state index contributed by atoms with van der Waals surface area (Å²) in [5, 5.41) is 4.98. The Morgan fingerprint density at radius 3 is 2.14 bits per heavy atom. The van der Waals surface area contributed by atoms with Crippen LogP contribution in [0.5, 0.6) is 0 Å². The van der Waals surface area contributed by atoms with E-state index in [9.17, 15) is 12.8 Å². The number of halogens is 1. The third kappa shape index (κ3) is 5.15. The van der Waals surface area contributed by atoms with Crippen molar-refractivity contribution in [3.63, 3.8) is 0 Å². The molecule has 1 atom stereocenters. The van der Waals surface area contributed by atoms with E-state index in [1.165, 1.54) is 23.9 Å². The monoisotopic (exact) mass is 325 g/mol. The number of primary sulfonamides is 1. The number of nitrogens with two attached hydrogens (primary N) is 1. The molecule has 2 N–H and O–H groups in total. The molecule has 0 saturated heterocycles. The number of benzene rings is 2. The number of thioether (sulfide) groups is 1. The summed E-state index contributed by atoms with van der Waals surface area (Å²) in [6.07, 6.45) is 0. The molecule has 0 aliphatic heterocycles. The van der Waals surface area contributed by atoms with E-state index in [2.05, 4.69) is 0 Å². The van der Waals surface area contributed by atoms with E-state index in [1.807, 2.05) is 30.3 Å². The van der Waals surface area contributed by atoms with Crippen LogP contribution in [0.3, 0.4) is 0 Å². The van der Waals surface area contributed by atoms with Gasteiger partial charge in [-0.25, -0.2) is 17.9 Å². The summed E-state index contributed by atoms with van der Waals surface area (Å²) in [4.78, 5) is 0. The molecule has 0 unspecified atom stereocenters. The van der Waals surface area contributed by atoms with Gasteiger partial charge in [-0.15, -0.1) is 11.8 Å². The molecule has 2 aromatic carbocycles. The molecule has 0 amide bonds. The number of hydrogen-bond donors (Lipinski definition) is 1. The fraction of sp³-hybridized carbons (Fsp3) is 0.200. The van der Waals surface area contributed by atoms with Crippen LogP contribution in [0.4, 0.5) is 4.39 Å². The Kier molecular flexibility index (Phi) is 5.39. The molecule has 0 aromatic heterocycles. The van der Waals surface area contributed by atoms with Gasteiger partial charge < -0.3 is 0 Å². The number of hydrogen-bond acceptors (Lipinski definition) is 3. The van der Waals surface area contributed by atoms with Gasteiger partial charge in [0, 0.05) is 5.75 Å². The molecule has 0 spiro atoms. The van der Waals surface area contributed by atoms with Crippen molar-refractivity contribution >= 4 is 21.8 Å². The van der Waals surface area contributed by atoms with Crippen LogP contribution >= 0.6 is 11.8 Å². The molecular formula is C15H16FNO2S2. The van der Waals surface area contributed by atoms with E-state index < -0.39 is 10.0 Å². The quantitative estimate of drug-likeness (QED) is 0.888. The highest BCUT2D eigenvalue weighted by Crippen LogP contribution is 2.35. The van der Waals surface area contributed by atoms with Gasteiger partial charge >= 0.3 is 0 Å². The zero-order valence-corrected chi connectivity index (χ0v) is 12.9. The van der Waals surface area contributed by atoms with Gasteiger partial charge in [-0.05, 0) is 23.3 Å². The molecule has 3 nitrogen and oxygen atoms in total. The zero-order valence-electron chi connectivity index (χ0n) is 11.3. The van der Waals surface area contributed by atoms with Gasteiger partial charge in [-0.2, -0.15) is 0 Å². The Morgan fingerprint density at radius 1 is 1.00 bits per heavy atom. The Labute approximate surface area is 128 Å². The van der Waals surface area contributed by atoms with E-state index in [1.54, 1.807) is 12.1 Å². The van der Waals surface area contributed by atoms with E-state index in [0.29, 0.717) is 5.75 Å². The molecule has 2 aromatic rings. The zero-order chi connectivity index (χ0) is 15.3. The van der Waals surface area contributed by atoms with Crippen molar-refractivity contribution in [2.75, 3.05) is 11.5 Å². The summed E-state index contributed by atoms with van der Waals surface area (Å²) >= 11 is 1.48. The molecule has 2 rings (SSSR count). The molecule has 0 bridgehead atoms. The predicted molar refractivity (Wildman–Crippen MR) is 85.1 cm³/mol. The lowest BCUT2D eigenvalue weighted by atomic mass is 10.0. The number of rotatable bonds is 6. The normalized spacial score (nSPS) is 13.0. The summed E-state index contributed by atoms with van der Waals surface area (Å²) in [5.41, 5.74) is 1.98. The highest BCUT2D eigenvalue weighted by molar-refractivity contribution is 8.00. The van der Waals surface area contributed by atoms with Gasteiger partial charge in [0.1, 0.15) is 5.82 Å². The van der Waals surface area contributed by atoms with E-state index >= 15 is 0 Å². The van der Waals surface area contributed by atoms with Crippen molar-refractivity contribution < 1.29 is 12.8 Å². The van der Waals surface area contributed by atoms with Crippen molar-refractivity contribution in [3.8, 4) is 0 Å². The van der Waals surface area contributed by atoms with Crippen molar-refractivity contribution in [3.05, 3.63) is 71.5 Å². The van der Waals surface area contributed by atoms with E-state index in [-0.39, 0.29) is 16.8 Å². The minimum atomic E-state index is -3.47. The van der Waals surface area contributed by atoms with Gasteiger partial charge in [0.25, 0.3) is 0 Å². The van der Waals surface area contributed by atoms with Gasteiger partial charge in [-0.3, -0.25) is 0 Å². The molecular weight excluding hydrogens is 309 g/mol. The van der Waals surface area contributed by atoms with Gasteiger partial charge in [0.2, 0.25) is 10.0 Å².